The molecule has 1 fully saturated rings. The van der Waals surface area contributed by atoms with Crippen molar-refractivity contribution >= 4 is 23.6 Å². The van der Waals surface area contributed by atoms with Crippen LogP contribution in [0.15, 0.2) is 11.6 Å². The lowest BCUT2D eigenvalue weighted by Gasteiger charge is -2.47. The molecule has 0 aromatic heterocycles. The Hall–Kier alpha value is -2.38. The first-order chi connectivity index (χ1) is 20.3. The first-order valence-corrected chi connectivity index (χ1v) is 15.5. The van der Waals surface area contributed by atoms with Gasteiger partial charge in [-0.3, -0.25) is 19.8 Å². The third-order valence-electron chi connectivity index (χ3n) is 9.11. The molecule has 0 saturated carbocycles. The number of rotatable bonds is 6. The standard InChI is InChI=1S/C32H56N4O8/c1-17-16-32(9,34-30(40)35-33-10)26(38)18(2)15-31(7,8)27(20(4)24(37)21(5)28(39)43-22(17)6)44-29-25(41-13)23(36(11)12)14-19(3)42-29/h16,18-23,25,27,29,33H,14-15H2,1-13H3,(H2,34,35,40)/b17-16+/t18?,19-,20+,21-,22-,23?,25?,27?,29?,32?/m1/s1. The van der Waals surface area contributed by atoms with Crippen molar-refractivity contribution in [1.82, 2.24) is 21.1 Å². The zero-order chi connectivity index (χ0) is 33.7. The monoisotopic (exact) mass is 624 g/mol. The van der Waals surface area contributed by atoms with Gasteiger partial charge in [-0.15, -0.1) is 0 Å². The highest BCUT2D eigenvalue weighted by Gasteiger charge is 2.48. The molecule has 0 spiro atoms. The van der Waals surface area contributed by atoms with Gasteiger partial charge in [-0.25, -0.2) is 10.2 Å². The third-order valence-corrected chi connectivity index (χ3v) is 9.11. The average molecular weight is 625 g/mol. The Balaban J connectivity index is 2.64. The number of hydrazine groups is 1. The van der Waals surface area contributed by atoms with Crippen LogP contribution in [0.4, 0.5) is 4.79 Å². The Morgan fingerprint density at radius 2 is 1.68 bits per heavy atom. The number of nitrogens with one attached hydrogen (secondary N) is 3. The first-order valence-electron chi connectivity index (χ1n) is 15.5. The molecule has 2 aliphatic heterocycles. The van der Waals surface area contributed by atoms with Crippen molar-refractivity contribution in [2.24, 2.45) is 23.2 Å². The maximum Gasteiger partial charge on any atom is 0.330 e. The highest BCUT2D eigenvalue weighted by molar-refractivity contribution is 6.00. The molecule has 44 heavy (non-hydrogen) atoms. The fourth-order valence-corrected chi connectivity index (χ4v) is 6.68. The van der Waals surface area contributed by atoms with Gasteiger partial charge < -0.3 is 29.2 Å². The molecule has 0 aliphatic carbocycles. The van der Waals surface area contributed by atoms with Crippen molar-refractivity contribution in [2.45, 2.75) is 117 Å². The van der Waals surface area contributed by atoms with Gasteiger partial charge >= 0.3 is 12.0 Å². The molecule has 0 aromatic carbocycles. The van der Waals surface area contributed by atoms with Crippen LogP contribution in [0.25, 0.3) is 0 Å². The van der Waals surface area contributed by atoms with Gasteiger partial charge in [0, 0.05) is 32.0 Å². The van der Waals surface area contributed by atoms with E-state index < -0.39 is 65.3 Å². The van der Waals surface area contributed by atoms with Gasteiger partial charge in [-0.2, -0.15) is 0 Å². The molecule has 0 aromatic rings. The second kappa shape index (κ2) is 15.3. The second-order valence-corrected chi connectivity index (χ2v) is 13.7. The molecule has 10 atom stereocenters. The van der Waals surface area contributed by atoms with Crippen molar-refractivity contribution in [3.05, 3.63) is 11.6 Å². The Morgan fingerprint density at radius 3 is 2.23 bits per heavy atom. The fourth-order valence-electron chi connectivity index (χ4n) is 6.68. The molecule has 2 aliphatic rings. The van der Waals surface area contributed by atoms with E-state index >= 15 is 0 Å². The zero-order valence-corrected chi connectivity index (χ0v) is 28.9. The topological polar surface area (TPSA) is 145 Å². The summed E-state index contributed by atoms with van der Waals surface area (Å²) in [6.07, 6.45) is -0.223. The van der Waals surface area contributed by atoms with Gasteiger partial charge in [0.1, 0.15) is 23.7 Å². The van der Waals surface area contributed by atoms with Crippen LogP contribution in [0, 0.1) is 23.2 Å². The molecule has 6 unspecified atom stereocenters. The molecule has 12 nitrogen and oxygen atoms in total. The van der Waals surface area contributed by atoms with E-state index in [-0.39, 0.29) is 23.7 Å². The molecule has 0 bridgehead atoms. The molecule has 0 radical (unpaired) electrons. The molecule has 12 heteroatoms. The van der Waals surface area contributed by atoms with E-state index in [1.807, 2.05) is 41.8 Å². The number of urea groups is 1. The molecule has 2 rings (SSSR count). The van der Waals surface area contributed by atoms with Gasteiger partial charge in [0.05, 0.1) is 12.2 Å². The molecule has 2 amide bonds. The number of hydrogen-bond acceptors (Lipinski definition) is 10. The molecule has 2 heterocycles. The highest BCUT2D eigenvalue weighted by Crippen LogP contribution is 2.40. The highest BCUT2D eigenvalue weighted by atomic mass is 16.7. The van der Waals surface area contributed by atoms with E-state index in [2.05, 4.69) is 21.1 Å². The summed E-state index contributed by atoms with van der Waals surface area (Å²) in [5.74, 6) is -3.64. The van der Waals surface area contributed by atoms with Crippen molar-refractivity contribution in [2.75, 3.05) is 28.3 Å². The summed E-state index contributed by atoms with van der Waals surface area (Å²) in [7, 11) is 7.10. The Morgan fingerprint density at radius 1 is 1.07 bits per heavy atom. The Kier molecular flexibility index (Phi) is 13.1. The number of cyclic esters (lactones) is 1. The summed E-state index contributed by atoms with van der Waals surface area (Å²) < 4.78 is 24.6. The van der Waals surface area contributed by atoms with Crippen LogP contribution in [0.3, 0.4) is 0 Å². The van der Waals surface area contributed by atoms with Crippen LogP contribution >= 0.6 is 0 Å². The Bertz CT molecular complexity index is 1080. The van der Waals surface area contributed by atoms with Crippen molar-refractivity contribution in [1.29, 1.82) is 0 Å². The molecular weight excluding hydrogens is 568 g/mol. The number of ether oxygens (including phenoxy) is 4. The van der Waals surface area contributed by atoms with Crippen molar-refractivity contribution < 1.29 is 38.1 Å². The number of Topliss-reactive ketones (excluding diaryl/α,β-unsaturated/α-hetero) is 2. The summed E-state index contributed by atoms with van der Waals surface area (Å²) in [4.78, 5) is 56.0. The second-order valence-electron chi connectivity index (χ2n) is 13.7. The number of hydrogen-bond donors (Lipinski definition) is 3. The van der Waals surface area contributed by atoms with Gasteiger partial charge in [0.2, 0.25) is 0 Å². The van der Waals surface area contributed by atoms with E-state index in [0.29, 0.717) is 12.0 Å². The molecular formula is C32H56N4O8. The first kappa shape index (κ1) is 37.8. The number of ketones is 2. The van der Waals surface area contributed by atoms with E-state index in [0.717, 1.165) is 6.42 Å². The van der Waals surface area contributed by atoms with E-state index in [4.69, 9.17) is 18.9 Å². The van der Waals surface area contributed by atoms with E-state index in [1.165, 1.54) is 0 Å². The minimum absolute atomic E-state index is 0.00262. The van der Waals surface area contributed by atoms with Crippen LogP contribution in [0.2, 0.25) is 0 Å². The predicted molar refractivity (Wildman–Crippen MR) is 166 cm³/mol. The van der Waals surface area contributed by atoms with Crippen molar-refractivity contribution in [3.63, 3.8) is 0 Å². The number of carbonyl (C=O) groups is 4. The average Bonchev–Trinajstić information content (AvgIpc) is 2.92. The summed E-state index contributed by atoms with van der Waals surface area (Å²) in [5.41, 5.74) is 3.37. The van der Waals surface area contributed by atoms with Crippen LogP contribution in [0.5, 0.6) is 0 Å². The number of esters is 1. The van der Waals surface area contributed by atoms with Crippen LogP contribution in [0.1, 0.15) is 75.2 Å². The minimum atomic E-state index is -1.43. The summed E-state index contributed by atoms with van der Waals surface area (Å²) >= 11 is 0. The van der Waals surface area contributed by atoms with Gasteiger partial charge in [0.15, 0.2) is 17.9 Å². The Labute approximate surface area is 263 Å². The lowest BCUT2D eigenvalue weighted by molar-refractivity contribution is -0.289. The normalized spacial score (nSPS) is 38.7. The summed E-state index contributed by atoms with van der Waals surface area (Å²) in [6.45, 7) is 16.0. The van der Waals surface area contributed by atoms with Crippen LogP contribution in [-0.2, 0) is 33.3 Å². The molecule has 1 saturated heterocycles. The largest absolute Gasteiger partial charge is 0.458 e. The quantitative estimate of drug-likeness (QED) is 0.175. The molecule has 3 N–H and O–H groups in total. The van der Waals surface area contributed by atoms with E-state index in [1.54, 1.807) is 54.9 Å². The third kappa shape index (κ3) is 8.87. The smallest absolute Gasteiger partial charge is 0.330 e. The lowest BCUT2D eigenvalue weighted by Crippen LogP contribution is -2.59. The fraction of sp³-hybridized carbons (Fsp3) is 0.812. The summed E-state index contributed by atoms with van der Waals surface area (Å²) in [5, 5.41) is 2.78. The van der Waals surface area contributed by atoms with Gasteiger partial charge in [0.25, 0.3) is 0 Å². The summed E-state index contributed by atoms with van der Waals surface area (Å²) in [6, 6.07) is -0.592. The number of methoxy groups -OCH3 is 1. The predicted octanol–water partition coefficient (Wildman–Crippen LogP) is 3.00. The van der Waals surface area contributed by atoms with Gasteiger partial charge in [-0.05, 0) is 78.6 Å². The number of carbonyl (C=O) groups excluding carboxylic acids is 4. The number of likely N-dealkylation sites (N-methyl/N-ethyl adjacent to an activating group) is 1. The minimum Gasteiger partial charge on any atom is -0.458 e. The SMILES string of the molecule is CNNC(=O)NC1(C)/C=C(\C)[C@@H](C)OC(=O)[C@H](C)C(=O)[C@H](C)C(OC2O[C@H](C)CC(N(C)C)C2OC)C(C)(C)CC(C)C1=O. The van der Waals surface area contributed by atoms with Crippen molar-refractivity contribution in [3.8, 4) is 0 Å². The lowest BCUT2D eigenvalue weighted by atomic mass is 9.70. The zero-order valence-electron chi connectivity index (χ0n) is 28.9. The van der Waals surface area contributed by atoms with E-state index in [9.17, 15) is 19.2 Å². The van der Waals surface area contributed by atoms with Gasteiger partial charge in [-0.1, -0.05) is 27.7 Å². The maximum absolute atomic E-state index is 14.2. The maximum atomic E-state index is 14.2. The number of amides is 2. The number of nitrogens with zero attached hydrogens (tertiary/aromatic N) is 1. The van der Waals surface area contributed by atoms with Crippen LogP contribution < -0.4 is 16.2 Å². The van der Waals surface area contributed by atoms with Crippen LogP contribution in [-0.4, -0.2) is 99.0 Å². The molecule has 252 valence electrons.